The Balaban J connectivity index is 1.83. The number of halogens is 3. The number of hydrogen-bond acceptors (Lipinski definition) is 4. The molecule has 0 aliphatic rings. The fourth-order valence-electron chi connectivity index (χ4n) is 1.79. The summed E-state index contributed by atoms with van der Waals surface area (Å²) < 4.78 is 44.2. The second kappa shape index (κ2) is 8.57. The molecule has 2 aromatic rings. The molecule has 0 radical (unpaired) electrons. The number of rotatable bonds is 6. The van der Waals surface area contributed by atoms with E-state index in [0.717, 1.165) is 30.0 Å². The van der Waals surface area contributed by atoms with E-state index in [1.165, 1.54) is 31.2 Å². The highest BCUT2D eigenvalue weighted by Gasteiger charge is 2.18. The summed E-state index contributed by atoms with van der Waals surface area (Å²) in [5, 5.41) is 2.47. The normalized spacial score (nSPS) is 11.7. The number of benzene rings is 2. The van der Waals surface area contributed by atoms with E-state index in [1.807, 2.05) is 0 Å². The number of ether oxygens (including phenoxy) is 1. The van der Waals surface area contributed by atoms with Crippen molar-refractivity contribution in [2.24, 2.45) is 0 Å². The Bertz CT molecular complexity index is 768. The molecule has 0 spiro atoms. The molecule has 1 atom stereocenters. The van der Waals surface area contributed by atoms with Gasteiger partial charge in [-0.1, -0.05) is 0 Å². The number of anilines is 1. The van der Waals surface area contributed by atoms with Crippen molar-refractivity contribution in [2.45, 2.75) is 17.9 Å². The monoisotopic (exact) mass is 369 g/mol. The lowest BCUT2D eigenvalue weighted by Crippen LogP contribution is -2.30. The van der Waals surface area contributed by atoms with Crippen molar-refractivity contribution in [1.82, 2.24) is 0 Å². The van der Waals surface area contributed by atoms with Gasteiger partial charge in [0.2, 0.25) is 0 Å². The second-order valence-electron chi connectivity index (χ2n) is 4.99. The first-order valence-electron chi connectivity index (χ1n) is 7.19. The van der Waals surface area contributed by atoms with Crippen molar-refractivity contribution in [3.05, 3.63) is 59.9 Å². The van der Waals surface area contributed by atoms with Crippen molar-refractivity contribution in [1.29, 1.82) is 0 Å². The van der Waals surface area contributed by atoms with Crippen molar-refractivity contribution < 1.29 is 27.5 Å². The number of esters is 1. The first kappa shape index (κ1) is 18.9. The van der Waals surface area contributed by atoms with Gasteiger partial charge in [-0.05, 0) is 49.4 Å². The molecule has 0 aromatic heterocycles. The largest absolute Gasteiger partial charge is 0.452 e. The third kappa shape index (κ3) is 5.82. The molecule has 1 N–H and O–H groups in total. The molecule has 2 rings (SSSR count). The Kier molecular flexibility index (Phi) is 6.46. The van der Waals surface area contributed by atoms with Crippen LogP contribution in [0.4, 0.5) is 18.9 Å². The van der Waals surface area contributed by atoms with Crippen LogP contribution < -0.4 is 5.32 Å². The molecule has 1 amide bonds. The molecule has 0 fully saturated rings. The fourth-order valence-corrected chi connectivity index (χ4v) is 2.53. The molecule has 0 aliphatic heterocycles. The van der Waals surface area contributed by atoms with Crippen molar-refractivity contribution in [2.75, 3.05) is 11.1 Å². The minimum Gasteiger partial charge on any atom is -0.452 e. The van der Waals surface area contributed by atoms with E-state index in [9.17, 15) is 22.8 Å². The summed E-state index contributed by atoms with van der Waals surface area (Å²) in [5.41, 5.74) is 0.352. The van der Waals surface area contributed by atoms with Crippen molar-refractivity contribution in [3.8, 4) is 0 Å². The lowest BCUT2D eigenvalue weighted by Gasteiger charge is -2.13. The first-order chi connectivity index (χ1) is 11.8. The average molecular weight is 369 g/mol. The van der Waals surface area contributed by atoms with Crippen LogP contribution >= 0.6 is 11.8 Å². The molecular weight excluding hydrogens is 355 g/mol. The maximum absolute atomic E-state index is 13.5. The summed E-state index contributed by atoms with van der Waals surface area (Å²) in [6.45, 7) is 1.37. The van der Waals surface area contributed by atoms with Crippen molar-refractivity contribution in [3.63, 3.8) is 0 Å². The van der Waals surface area contributed by atoms with E-state index in [2.05, 4.69) is 5.32 Å². The van der Waals surface area contributed by atoms with Gasteiger partial charge < -0.3 is 10.1 Å². The van der Waals surface area contributed by atoms with Gasteiger partial charge in [0, 0.05) is 10.6 Å². The van der Waals surface area contributed by atoms with Gasteiger partial charge in [-0.25, -0.2) is 13.2 Å². The standard InChI is InChI=1S/C17H14F3NO3S/c1-10(17(23)21-13-5-2-11(18)3-6-13)24-16(22)9-25-15-8-12(19)4-7-14(15)20/h2-8,10H,9H2,1H3,(H,21,23)/t10-/m0/s1. The van der Waals surface area contributed by atoms with Gasteiger partial charge in [0.15, 0.2) is 6.10 Å². The summed E-state index contributed by atoms with van der Waals surface area (Å²) in [5.74, 6) is -3.35. The summed E-state index contributed by atoms with van der Waals surface area (Å²) >= 11 is 0.766. The summed E-state index contributed by atoms with van der Waals surface area (Å²) in [4.78, 5) is 23.6. The predicted molar refractivity (Wildman–Crippen MR) is 87.7 cm³/mol. The van der Waals surface area contributed by atoms with Crippen LogP contribution in [0.1, 0.15) is 6.92 Å². The molecule has 25 heavy (non-hydrogen) atoms. The van der Waals surface area contributed by atoms with E-state index >= 15 is 0 Å². The number of hydrogen-bond donors (Lipinski definition) is 1. The maximum atomic E-state index is 13.5. The molecular formula is C17H14F3NO3S. The van der Waals surface area contributed by atoms with Gasteiger partial charge in [-0.15, -0.1) is 11.8 Å². The summed E-state index contributed by atoms with van der Waals surface area (Å²) in [6.07, 6.45) is -1.10. The van der Waals surface area contributed by atoms with E-state index in [-0.39, 0.29) is 10.6 Å². The van der Waals surface area contributed by atoms with Crippen molar-refractivity contribution >= 4 is 29.3 Å². The number of carbonyl (C=O) groups excluding carboxylic acids is 2. The average Bonchev–Trinajstić information content (AvgIpc) is 2.57. The zero-order valence-corrected chi connectivity index (χ0v) is 13.9. The minimum absolute atomic E-state index is 0.0274. The van der Waals surface area contributed by atoms with E-state index < -0.39 is 35.4 Å². The van der Waals surface area contributed by atoms with E-state index in [1.54, 1.807) is 0 Å². The Hall–Kier alpha value is -2.48. The number of nitrogens with one attached hydrogen (secondary N) is 1. The van der Waals surface area contributed by atoms with Crippen LogP contribution in [0.25, 0.3) is 0 Å². The van der Waals surface area contributed by atoms with Gasteiger partial charge in [0.05, 0.1) is 5.75 Å². The van der Waals surface area contributed by atoms with Crippen LogP contribution in [0.2, 0.25) is 0 Å². The Morgan fingerprint density at radius 1 is 1.08 bits per heavy atom. The Labute approximate surface area is 146 Å². The Morgan fingerprint density at radius 3 is 2.40 bits per heavy atom. The molecule has 8 heteroatoms. The smallest absolute Gasteiger partial charge is 0.317 e. The van der Waals surface area contributed by atoms with Crippen LogP contribution in [-0.2, 0) is 14.3 Å². The Morgan fingerprint density at radius 2 is 1.72 bits per heavy atom. The molecule has 0 saturated heterocycles. The molecule has 132 valence electrons. The predicted octanol–water partition coefficient (Wildman–Crippen LogP) is 3.77. The van der Waals surface area contributed by atoms with Gasteiger partial charge in [0.1, 0.15) is 17.5 Å². The lowest BCUT2D eigenvalue weighted by atomic mass is 10.3. The highest BCUT2D eigenvalue weighted by Crippen LogP contribution is 2.22. The zero-order chi connectivity index (χ0) is 18.4. The maximum Gasteiger partial charge on any atom is 0.317 e. The molecule has 0 bridgehead atoms. The number of carbonyl (C=O) groups is 2. The van der Waals surface area contributed by atoms with Gasteiger partial charge in [-0.2, -0.15) is 0 Å². The molecule has 0 saturated carbocycles. The fraction of sp³-hybridized carbons (Fsp3) is 0.176. The summed E-state index contributed by atoms with van der Waals surface area (Å²) in [6, 6.07) is 7.99. The van der Waals surface area contributed by atoms with Crippen LogP contribution in [0.5, 0.6) is 0 Å². The highest BCUT2D eigenvalue weighted by molar-refractivity contribution is 8.00. The minimum atomic E-state index is -1.10. The van der Waals surface area contributed by atoms with Gasteiger partial charge in [-0.3, -0.25) is 9.59 Å². The zero-order valence-electron chi connectivity index (χ0n) is 13.1. The SMILES string of the molecule is C[C@H](OC(=O)CSc1cc(F)ccc1F)C(=O)Nc1ccc(F)cc1. The van der Waals surface area contributed by atoms with Gasteiger partial charge in [0.25, 0.3) is 5.91 Å². The molecule has 0 heterocycles. The third-order valence-corrected chi connectivity index (χ3v) is 4.03. The number of thioether (sulfide) groups is 1. The molecule has 2 aromatic carbocycles. The molecule has 0 unspecified atom stereocenters. The van der Waals surface area contributed by atoms with E-state index in [0.29, 0.717) is 5.69 Å². The van der Waals surface area contributed by atoms with E-state index in [4.69, 9.17) is 4.74 Å². The summed E-state index contributed by atoms with van der Waals surface area (Å²) in [7, 11) is 0. The van der Waals surface area contributed by atoms with Crippen LogP contribution in [0.15, 0.2) is 47.4 Å². The quantitative estimate of drug-likeness (QED) is 0.622. The highest BCUT2D eigenvalue weighted by atomic mass is 32.2. The topological polar surface area (TPSA) is 55.4 Å². The third-order valence-electron chi connectivity index (χ3n) is 3.03. The second-order valence-corrected chi connectivity index (χ2v) is 6.01. The molecule has 4 nitrogen and oxygen atoms in total. The number of amides is 1. The van der Waals surface area contributed by atoms with Crippen LogP contribution in [-0.4, -0.2) is 23.7 Å². The van der Waals surface area contributed by atoms with Crippen LogP contribution in [0.3, 0.4) is 0 Å². The first-order valence-corrected chi connectivity index (χ1v) is 8.17. The molecule has 0 aliphatic carbocycles. The van der Waals surface area contributed by atoms with Gasteiger partial charge >= 0.3 is 5.97 Å². The lowest BCUT2D eigenvalue weighted by molar-refractivity contribution is -0.150. The van der Waals surface area contributed by atoms with Crippen LogP contribution in [0, 0.1) is 17.5 Å².